The highest BCUT2D eigenvalue weighted by Crippen LogP contribution is 2.28. The number of para-hydroxylation sites is 1. The van der Waals surface area contributed by atoms with Crippen LogP contribution < -0.4 is 15.4 Å². The van der Waals surface area contributed by atoms with Crippen molar-refractivity contribution in [3.8, 4) is 0 Å². The van der Waals surface area contributed by atoms with Crippen LogP contribution >= 0.6 is 0 Å². The molecule has 2 heterocycles. The van der Waals surface area contributed by atoms with Crippen LogP contribution in [0, 0.1) is 17.2 Å². The molecule has 1 saturated heterocycles. The van der Waals surface area contributed by atoms with Crippen molar-refractivity contribution in [2.75, 3.05) is 26.3 Å². The molecule has 1 aromatic carbocycles. The van der Waals surface area contributed by atoms with E-state index >= 15 is 0 Å². The summed E-state index contributed by atoms with van der Waals surface area (Å²) in [6.45, 7) is 7.35. The van der Waals surface area contributed by atoms with Crippen molar-refractivity contribution in [2.45, 2.75) is 64.3 Å². The number of nitrogens with one attached hydrogen (secondary N) is 3. The van der Waals surface area contributed by atoms with Crippen LogP contribution in [0.4, 0.5) is 4.39 Å². The molecule has 1 atom stereocenters. The fraction of sp³-hybridized carbons (Fsp3) is 0.640. The Bertz CT molecular complexity index is 1250. The average molecular weight is 538 g/mol. The molecule has 37 heavy (non-hydrogen) atoms. The second-order valence-corrected chi connectivity index (χ2v) is 13.0. The number of ether oxygens (including phenoxy) is 1. The summed E-state index contributed by atoms with van der Waals surface area (Å²) < 4.78 is 48.2. The monoisotopic (exact) mass is 537 g/mol. The Labute approximate surface area is 216 Å². The minimum absolute atomic E-state index is 0.0563. The maximum Gasteiger partial charge on any atom is 0.273 e. The highest BCUT2D eigenvalue weighted by Gasteiger charge is 2.36. The van der Waals surface area contributed by atoms with E-state index in [1.807, 2.05) is 20.8 Å². The van der Waals surface area contributed by atoms with Crippen molar-refractivity contribution in [1.29, 1.82) is 0 Å². The summed E-state index contributed by atoms with van der Waals surface area (Å²) in [5.41, 5.74) is -0.335. The lowest BCUT2D eigenvalue weighted by Gasteiger charge is -2.30. The molecule has 3 N–H and O–H groups in total. The molecule has 2 fully saturated rings. The second kappa shape index (κ2) is 11.0. The molecular weight excluding hydrogens is 501 g/mol. The van der Waals surface area contributed by atoms with Crippen LogP contribution in [0.1, 0.15) is 56.9 Å². The fourth-order valence-electron chi connectivity index (χ4n) is 4.52. The van der Waals surface area contributed by atoms with Crippen molar-refractivity contribution in [1.82, 2.24) is 25.1 Å². The Morgan fingerprint density at radius 2 is 1.86 bits per heavy atom. The van der Waals surface area contributed by atoms with Crippen LogP contribution in [-0.4, -0.2) is 67.6 Å². The number of hydrogen-bond donors (Lipinski definition) is 3. The van der Waals surface area contributed by atoms with Crippen molar-refractivity contribution in [3.63, 3.8) is 0 Å². The summed E-state index contributed by atoms with van der Waals surface area (Å²) in [6, 6.07) is 3.60. The molecule has 2 amide bonds. The Kier molecular flexibility index (Phi) is 8.20. The minimum Gasteiger partial charge on any atom is -0.381 e. The first-order valence-corrected chi connectivity index (χ1v) is 14.3. The first-order chi connectivity index (χ1) is 17.5. The van der Waals surface area contributed by atoms with E-state index in [0.717, 1.165) is 12.8 Å². The van der Waals surface area contributed by atoms with Crippen LogP contribution in [0.5, 0.6) is 0 Å². The molecule has 0 spiro atoms. The zero-order valence-corrected chi connectivity index (χ0v) is 22.4. The molecule has 204 valence electrons. The molecule has 0 unspecified atom stereocenters. The number of carbonyl (C=O) groups excluding carboxylic acids is 2. The van der Waals surface area contributed by atoms with E-state index in [0.29, 0.717) is 38.0 Å². The van der Waals surface area contributed by atoms with Gasteiger partial charge in [0.2, 0.25) is 15.9 Å². The lowest BCUT2D eigenvalue weighted by atomic mass is 9.86. The summed E-state index contributed by atoms with van der Waals surface area (Å²) >= 11 is 0. The Hall–Kier alpha value is -2.57. The number of benzene rings is 1. The number of carbonyl (C=O) groups is 2. The average Bonchev–Trinajstić information content (AvgIpc) is 3.64. The fourth-order valence-corrected chi connectivity index (χ4v) is 5.90. The van der Waals surface area contributed by atoms with Gasteiger partial charge in [-0.2, -0.15) is 5.10 Å². The summed E-state index contributed by atoms with van der Waals surface area (Å²) in [5.74, 6) is -1.22. The lowest BCUT2D eigenvalue weighted by molar-refractivity contribution is -0.125. The van der Waals surface area contributed by atoms with E-state index in [1.54, 1.807) is 10.7 Å². The SMILES string of the molecule is CC(C)(C)[C@H](NC(=O)c1nn(CC2CCOCC2)c2c(F)cccc12)C(=O)NCCNS(=O)(=O)C1CC1. The maximum atomic E-state index is 14.8. The number of halogens is 1. The topological polar surface area (TPSA) is 131 Å². The van der Waals surface area contributed by atoms with Gasteiger partial charge in [-0.15, -0.1) is 0 Å². The number of nitrogens with zero attached hydrogens (tertiary/aromatic N) is 2. The van der Waals surface area contributed by atoms with Gasteiger partial charge in [-0.1, -0.05) is 32.9 Å². The van der Waals surface area contributed by atoms with Crippen molar-refractivity contribution < 1.29 is 27.1 Å². The van der Waals surface area contributed by atoms with Gasteiger partial charge in [0.25, 0.3) is 5.91 Å². The number of hydrogen-bond acceptors (Lipinski definition) is 6. The predicted octanol–water partition coefficient (Wildman–Crippen LogP) is 1.94. The number of aromatic nitrogens is 2. The molecule has 12 heteroatoms. The van der Waals surface area contributed by atoms with Crippen LogP contribution in [0.25, 0.3) is 10.9 Å². The number of fused-ring (bicyclic) bond motifs is 1. The van der Waals surface area contributed by atoms with Crippen LogP contribution in [0.2, 0.25) is 0 Å². The quantitative estimate of drug-likeness (QED) is 0.397. The second-order valence-electron chi connectivity index (χ2n) is 10.9. The molecule has 2 aromatic rings. The number of amides is 2. The zero-order chi connectivity index (χ0) is 26.8. The standard InChI is InChI=1S/C25H36FN5O5S/c1-25(2,3)22(24(33)27-11-12-28-37(34,35)17-7-8-17)29-23(32)20-18-5-4-6-19(26)21(18)31(30-20)15-16-9-13-36-14-10-16/h4-6,16-17,22,28H,7-15H2,1-3H3,(H,27,33)(H,29,32)/t22-/m1/s1. The van der Waals surface area contributed by atoms with E-state index in [-0.39, 0.29) is 35.5 Å². The number of rotatable bonds is 10. The largest absolute Gasteiger partial charge is 0.381 e. The van der Waals surface area contributed by atoms with Crippen molar-refractivity contribution in [3.05, 3.63) is 29.7 Å². The van der Waals surface area contributed by atoms with Crippen LogP contribution in [0.3, 0.4) is 0 Å². The van der Waals surface area contributed by atoms with Gasteiger partial charge in [-0.3, -0.25) is 14.3 Å². The Balaban J connectivity index is 1.47. The predicted molar refractivity (Wildman–Crippen MR) is 137 cm³/mol. The smallest absolute Gasteiger partial charge is 0.273 e. The van der Waals surface area contributed by atoms with Gasteiger partial charge in [0, 0.05) is 38.2 Å². The molecule has 0 bridgehead atoms. The maximum absolute atomic E-state index is 14.8. The lowest BCUT2D eigenvalue weighted by Crippen LogP contribution is -2.54. The first kappa shape index (κ1) is 27.5. The van der Waals surface area contributed by atoms with Gasteiger partial charge in [0.15, 0.2) is 5.69 Å². The van der Waals surface area contributed by atoms with E-state index in [9.17, 15) is 22.4 Å². The van der Waals surface area contributed by atoms with Crippen molar-refractivity contribution >= 4 is 32.7 Å². The molecule has 2 aliphatic rings. The highest BCUT2D eigenvalue weighted by molar-refractivity contribution is 7.90. The third-order valence-corrected chi connectivity index (χ3v) is 8.76. The number of sulfonamides is 1. The van der Waals surface area contributed by atoms with Crippen LogP contribution in [-0.2, 0) is 26.1 Å². The third kappa shape index (κ3) is 6.66. The third-order valence-electron chi connectivity index (χ3n) is 6.80. The zero-order valence-electron chi connectivity index (χ0n) is 21.5. The molecule has 0 radical (unpaired) electrons. The molecular formula is C25H36FN5O5S. The van der Waals surface area contributed by atoms with Gasteiger partial charge in [-0.05, 0) is 43.1 Å². The molecule has 1 aromatic heterocycles. The van der Waals surface area contributed by atoms with E-state index in [4.69, 9.17) is 4.74 Å². The molecule has 10 nitrogen and oxygen atoms in total. The molecule has 1 aliphatic carbocycles. The van der Waals surface area contributed by atoms with Gasteiger partial charge in [0.1, 0.15) is 17.4 Å². The first-order valence-electron chi connectivity index (χ1n) is 12.8. The molecule has 1 aliphatic heterocycles. The summed E-state index contributed by atoms with van der Waals surface area (Å²) in [4.78, 5) is 26.4. The highest BCUT2D eigenvalue weighted by atomic mass is 32.2. The van der Waals surface area contributed by atoms with Gasteiger partial charge in [-0.25, -0.2) is 17.5 Å². The Morgan fingerprint density at radius 3 is 2.51 bits per heavy atom. The van der Waals surface area contributed by atoms with Crippen LogP contribution in [0.15, 0.2) is 18.2 Å². The summed E-state index contributed by atoms with van der Waals surface area (Å²) in [5, 5.41) is 10.0. The van der Waals surface area contributed by atoms with Gasteiger partial charge < -0.3 is 15.4 Å². The van der Waals surface area contributed by atoms with E-state index in [2.05, 4.69) is 20.5 Å². The molecule has 1 saturated carbocycles. The Morgan fingerprint density at radius 1 is 1.16 bits per heavy atom. The van der Waals surface area contributed by atoms with E-state index < -0.39 is 39.1 Å². The summed E-state index contributed by atoms with van der Waals surface area (Å²) in [6.07, 6.45) is 2.98. The van der Waals surface area contributed by atoms with Gasteiger partial charge >= 0.3 is 0 Å². The van der Waals surface area contributed by atoms with E-state index in [1.165, 1.54) is 12.1 Å². The summed E-state index contributed by atoms with van der Waals surface area (Å²) in [7, 11) is -3.34. The van der Waals surface area contributed by atoms with Gasteiger partial charge in [0.05, 0.1) is 5.25 Å². The van der Waals surface area contributed by atoms with Crippen molar-refractivity contribution in [2.24, 2.45) is 11.3 Å². The normalized spacial score (nSPS) is 18.1. The minimum atomic E-state index is -3.34. The molecule has 4 rings (SSSR count).